The molecule has 0 amide bonds. The number of hydrogen-bond donors (Lipinski definition) is 0. The Balaban J connectivity index is 1.75. The number of rotatable bonds is 15. The van der Waals surface area contributed by atoms with Gasteiger partial charge in [0.2, 0.25) is 0 Å². The van der Waals surface area contributed by atoms with Crippen LogP contribution in [-0.2, 0) is 24.1 Å². The van der Waals surface area contributed by atoms with E-state index < -0.39 is 0 Å². The number of unbranched alkanes of at least 4 members (excludes halogenated alkanes) is 6. The SMILES string of the molecule is CCCCCc1ccc(CCc2ccccc2OCCCCCCC=O)cc1. The Kier molecular flexibility index (Phi) is 11.1. The summed E-state index contributed by atoms with van der Waals surface area (Å²) in [5.41, 5.74) is 4.13. The maximum absolute atomic E-state index is 10.3. The predicted molar refractivity (Wildman–Crippen MR) is 118 cm³/mol. The number of aryl methyl sites for hydroxylation is 3. The van der Waals surface area contributed by atoms with Crippen molar-refractivity contribution < 1.29 is 9.53 Å². The molecule has 0 aliphatic heterocycles. The number of hydrogen-bond acceptors (Lipinski definition) is 2. The molecule has 0 radical (unpaired) electrons. The van der Waals surface area contributed by atoms with Gasteiger partial charge in [-0.3, -0.25) is 0 Å². The first kappa shape index (κ1) is 22.2. The summed E-state index contributed by atoms with van der Waals surface area (Å²) < 4.78 is 6.04. The largest absolute Gasteiger partial charge is 0.493 e. The molecule has 0 N–H and O–H groups in total. The van der Waals surface area contributed by atoms with E-state index in [0.29, 0.717) is 6.42 Å². The summed E-state index contributed by atoms with van der Waals surface area (Å²) in [6.07, 6.45) is 13.1. The van der Waals surface area contributed by atoms with Crippen LogP contribution in [0.5, 0.6) is 5.75 Å². The number of ether oxygens (including phenoxy) is 1. The summed E-state index contributed by atoms with van der Waals surface area (Å²) in [6.45, 7) is 3.01. The fourth-order valence-electron chi connectivity index (χ4n) is 3.45. The number of aldehydes is 1. The van der Waals surface area contributed by atoms with E-state index in [4.69, 9.17) is 4.74 Å². The molecule has 0 saturated carbocycles. The molecule has 2 nitrogen and oxygen atoms in total. The lowest BCUT2D eigenvalue weighted by Gasteiger charge is -2.12. The van der Waals surface area contributed by atoms with Gasteiger partial charge >= 0.3 is 0 Å². The second-order valence-corrected chi connectivity index (χ2v) is 7.60. The molecule has 0 bridgehead atoms. The molecule has 2 aromatic rings. The fraction of sp³-hybridized carbons (Fsp3) is 0.500. The van der Waals surface area contributed by atoms with Crippen molar-refractivity contribution in [2.75, 3.05) is 6.61 Å². The molecular weight excluding hydrogens is 344 g/mol. The Hall–Kier alpha value is -2.09. The molecule has 0 fully saturated rings. The lowest BCUT2D eigenvalue weighted by Crippen LogP contribution is -2.01. The number of carbonyl (C=O) groups excluding carboxylic acids is 1. The van der Waals surface area contributed by atoms with Crippen molar-refractivity contribution in [3.8, 4) is 5.75 Å². The van der Waals surface area contributed by atoms with E-state index in [2.05, 4.69) is 49.4 Å². The van der Waals surface area contributed by atoms with Crippen LogP contribution < -0.4 is 4.74 Å². The van der Waals surface area contributed by atoms with Crippen molar-refractivity contribution in [2.45, 2.75) is 77.6 Å². The molecule has 152 valence electrons. The molecule has 0 unspecified atom stereocenters. The lowest BCUT2D eigenvalue weighted by atomic mass is 10.0. The summed E-state index contributed by atoms with van der Waals surface area (Å²) >= 11 is 0. The summed E-state index contributed by atoms with van der Waals surface area (Å²) in [4.78, 5) is 10.3. The summed E-state index contributed by atoms with van der Waals surface area (Å²) in [6, 6.07) is 17.5. The maximum atomic E-state index is 10.3. The quantitative estimate of drug-likeness (QED) is 0.253. The monoisotopic (exact) mass is 380 g/mol. The normalized spacial score (nSPS) is 10.8. The van der Waals surface area contributed by atoms with E-state index in [1.54, 1.807) is 0 Å². The molecule has 2 aromatic carbocycles. The molecule has 0 saturated heterocycles. The summed E-state index contributed by atoms with van der Waals surface area (Å²) in [5.74, 6) is 1.02. The van der Waals surface area contributed by atoms with Crippen LogP contribution in [0.3, 0.4) is 0 Å². The van der Waals surface area contributed by atoms with Crippen LogP contribution in [0.1, 0.15) is 75.0 Å². The van der Waals surface area contributed by atoms with Crippen molar-refractivity contribution >= 4 is 6.29 Å². The van der Waals surface area contributed by atoms with Gasteiger partial charge in [-0.2, -0.15) is 0 Å². The molecule has 2 rings (SSSR count). The minimum absolute atomic E-state index is 0.684. The number of benzene rings is 2. The zero-order valence-electron chi connectivity index (χ0n) is 17.5. The third-order valence-electron chi connectivity index (χ3n) is 5.22. The second-order valence-electron chi connectivity index (χ2n) is 7.60. The van der Waals surface area contributed by atoms with Gasteiger partial charge in [0.25, 0.3) is 0 Å². The van der Waals surface area contributed by atoms with E-state index >= 15 is 0 Å². The van der Waals surface area contributed by atoms with E-state index in [1.807, 2.05) is 6.07 Å². The molecule has 0 spiro atoms. The molecule has 0 aromatic heterocycles. The minimum Gasteiger partial charge on any atom is -0.493 e. The first-order valence-electron chi connectivity index (χ1n) is 11.1. The van der Waals surface area contributed by atoms with Crippen LogP contribution in [0.25, 0.3) is 0 Å². The second kappa shape index (κ2) is 14.0. The van der Waals surface area contributed by atoms with E-state index in [0.717, 1.165) is 57.2 Å². The van der Waals surface area contributed by atoms with Gasteiger partial charge in [0.15, 0.2) is 0 Å². The van der Waals surface area contributed by atoms with Crippen molar-refractivity contribution in [2.24, 2.45) is 0 Å². The highest BCUT2D eigenvalue weighted by atomic mass is 16.5. The lowest BCUT2D eigenvalue weighted by molar-refractivity contribution is -0.107. The fourth-order valence-corrected chi connectivity index (χ4v) is 3.45. The number of para-hydroxylation sites is 1. The number of carbonyl (C=O) groups is 1. The standard InChI is InChI=1S/C26H36O2/c1-2-3-7-12-23-15-17-24(18-16-23)19-20-25-13-8-9-14-26(25)28-22-11-6-4-5-10-21-27/h8-9,13-18,21H,2-7,10-12,19-20,22H2,1H3. The van der Waals surface area contributed by atoms with E-state index in [1.165, 1.54) is 42.4 Å². The zero-order chi connectivity index (χ0) is 19.9. The van der Waals surface area contributed by atoms with Crippen molar-refractivity contribution in [3.05, 3.63) is 65.2 Å². The third-order valence-corrected chi connectivity index (χ3v) is 5.22. The van der Waals surface area contributed by atoms with E-state index in [9.17, 15) is 4.79 Å². The van der Waals surface area contributed by atoms with Crippen LogP contribution in [0.4, 0.5) is 0 Å². The van der Waals surface area contributed by atoms with Gasteiger partial charge in [0.05, 0.1) is 6.61 Å². The summed E-state index contributed by atoms with van der Waals surface area (Å²) in [7, 11) is 0. The minimum atomic E-state index is 0.684. The van der Waals surface area contributed by atoms with Crippen LogP contribution >= 0.6 is 0 Å². The Morgan fingerprint density at radius 3 is 2.21 bits per heavy atom. The average molecular weight is 381 g/mol. The predicted octanol–water partition coefficient (Wildman–Crippen LogP) is 6.73. The molecular formula is C26H36O2. The zero-order valence-corrected chi connectivity index (χ0v) is 17.5. The van der Waals surface area contributed by atoms with Crippen LogP contribution in [-0.4, -0.2) is 12.9 Å². The molecule has 0 aliphatic carbocycles. The topological polar surface area (TPSA) is 26.3 Å². The van der Waals surface area contributed by atoms with Crippen molar-refractivity contribution in [1.29, 1.82) is 0 Å². The Morgan fingerprint density at radius 2 is 1.46 bits per heavy atom. The van der Waals surface area contributed by atoms with Gasteiger partial charge in [0.1, 0.15) is 12.0 Å². The third kappa shape index (κ3) is 8.73. The maximum Gasteiger partial charge on any atom is 0.122 e. The average Bonchev–Trinajstić information content (AvgIpc) is 2.73. The Morgan fingerprint density at radius 1 is 0.750 bits per heavy atom. The summed E-state index contributed by atoms with van der Waals surface area (Å²) in [5, 5.41) is 0. The van der Waals surface area contributed by atoms with Gasteiger partial charge < -0.3 is 9.53 Å². The van der Waals surface area contributed by atoms with Crippen LogP contribution in [0.2, 0.25) is 0 Å². The molecule has 2 heteroatoms. The molecule has 0 aliphatic rings. The Labute approximate surface area is 171 Å². The molecule has 0 heterocycles. The van der Waals surface area contributed by atoms with Gasteiger partial charge in [-0.05, 0) is 61.3 Å². The van der Waals surface area contributed by atoms with Gasteiger partial charge in [-0.25, -0.2) is 0 Å². The molecule has 28 heavy (non-hydrogen) atoms. The van der Waals surface area contributed by atoms with Crippen LogP contribution in [0, 0.1) is 0 Å². The highest BCUT2D eigenvalue weighted by molar-refractivity contribution is 5.48. The van der Waals surface area contributed by atoms with Crippen molar-refractivity contribution in [1.82, 2.24) is 0 Å². The van der Waals surface area contributed by atoms with Crippen LogP contribution in [0.15, 0.2) is 48.5 Å². The first-order valence-corrected chi connectivity index (χ1v) is 11.1. The smallest absolute Gasteiger partial charge is 0.122 e. The van der Waals surface area contributed by atoms with Gasteiger partial charge in [-0.1, -0.05) is 75.1 Å². The first-order chi connectivity index (χ1) is 13.8. The highest BCUT2D eigenvalue weighted by Crippen LogP contribution is 2.21. The van der Waals surface area contributed by atoms with Gasteiger partial charge in [0, 0.05) is 6.42 Å². The van der Waals surface area contributed by atoms with E-state index in [-0.39, 0.29) is 0 Å². The Bertz CT molecular complexity index is 660. The van der Waals surface area contributed by atoms with Gasteiger partial charge in [-0.15, -0.1) is 0 Å². The highest BCUT2D eigenvalue weighted by Gasteiger charge is 2.04. The van der Waals surface area contributed by atoms with Crippen molar-refractivity contribution in [3.63, 3.8) is 0 Å². The molecule has 0 atom stereocenters.